The predicted octanol–water partition coefficient (Wildman–Crippen LogP) is 4.97. The molecule has 0 spiro atoms. The minimum atomic E-state index is 0.927. The van der Waals surface area contributed by atoms with Crippen LogP contribution in [0.25, 0.3) is 22.5 Å². The molecular formula is C20H23N3. The molecule has 1 N–H and O–H groups in total. The topological polar surface area (TPSA) is 29.9 Å². The number of nitrogens with one attached hydrogen (secondary N) is 1. The summed E-state index contributed by atoms with van der Waals surface area (Å²) in [5, 5.41) is 3.47. The normalized spacial score (nSPS) is 10.7. The number of unbranched alkanes of at least 4 members (excludes halogenated alkanes) is 1. The van der Waals surface area contributed by atoms with Crippen molar-refractivity contribution >= 4 is 5.95 Å². The van der Waals surface area contributed by atoms with Gasteiger partial charge in [-0.1, -0.05) is 74.0 Å². The minimum absolute atomic E-state index is 0.927. The van der Waals surface area contributed by atoms with Gasteiger partial charge in [0, 0.05) is 24.7 Å². The van der Waals surface area contributed by atoms with E-state index in [2.05, 4.69) is 72.4 Å². The Morgan fingerprint density at radius 2 is 1.52 bits per heavy atom. The third-order valence-electron chi connectivity index (χ3n) is 4.00. The van der Waals surface area contributed by atoms with Crippen LogP contribution < -0.4 is 5.32 Å². The van der Waals surface area contributed by atoms with E-state index in [1.807, 2.05) is 12.1 Å². The Morgan fingerprint density at radius 3 is 2.13 bits per heavy atom. The van der Waals surface area contributed by atoms with Gasteiger partial charge in [-0.25, -0.2) is 4.98 Å². The number of benzene rings is 2. The lowest BCUT2D eigenvalue weighted by Crippen LogP contribution is -2.06. The predicted molar refractivity (Wildman–Crippen MR) is 97.5 cm³/mol. The summed E-state index contributed by atoms with van der Waals surface area (Å²) < 4.78 is 2.16. The summed E-state index contributed by atoms with van der Waals surface area (Å²) in [4.78, 5) is 4.88. The fourth-order valence-corrected chi connectivity index (χ4v) is 2.76. The van der Waals surface area contributed by atoms with Gasteiger partial charge in [0.15, 0.2) is 0 Å². The van der Waals surface area contributed by atoms with E-state index in [9.17, 15) is 0 Å². The van der Waals surface area contributed by atoms with Gasteiger partial charge >= 0.3 is 0 Å². The third kappa shape index (κ3) is 3.29. The van der Waals surface area contributed by atoms with E-state index < -0.39 is 0 Å². The summed E-state index contributed by atoms with van der Waals surface area (Å²) in [5.74, 6) is 0.927. The molecule has 1 aromatic heterocycles. The summed E-state index contributed by atoms with van der Waals surface area (Å²) in [6, 6.07) is 20.8. The highest BCUT2D eigenvalue weighted by Crippen LogP contribution is 2.33. The lowest BCUT2D eigenvalue weighted by molar-refractivity contribution is 0.813. The van der Waals surface area contributed by atoms with Crippen LogP contribution in [0.3, 0.4) is 0 Å². The molecule has 0 unspecified atom stereocenters. The van der Waals surface area contributed by atoms with Crippen molar-refractivity contribution in [3.05, 3.63) is 60.7 Å². The Bertz CT molecular complexity index is 745. The van der Waals surface area contributed by atoms with Crippen molar-refractivity contribution in [2.24, 2.45) is 7.05 Å². The zero-order chi connectivity index (χ0) is 16.1. The maximum atomic E-state index is 4.88. The van der Waals surface area contributed by atoms with Crippen LogP contribution in [0.5, 0.6) is 0 Å². The summed E-state index contributed by atoms with van der Waals surface area (Å²) in [7, 11) is 2.08. The monoisotopic (exact) mass is 305 g/mol. The zero-order valence-electron chi connectivity index (χ0n) is 13.8. The van der Waals surface area contributed by atoms with Crippen LogP contribution in [0.1, 0.15) is 19.8 Å². The van der Waals surface area contributed by atoms with Gasteiger partial charge in [0.25, 0.3) is 0 Å². The lowest BCUT2D eigenvalue weighted by atomic mass is 10.1. The Labute approximate surface area is 138 Å². The number of imidazole rings is 1. The van der Waals surface area contributed by atoms with E-state index >= 15 is 0 Å². The molecule has 3 rings (SSSR count). The average Bonchev–Trinajstić information content (AvgIpc) is 2.93. The molecule has 0 radical (unpaired) electrons. The van der Waals surface area contributed by atoms with Gasteiger partial charge in [-0.3, -0.25) is 0 Å². The maximum absolute atomic E-state index is 4.88. The van der Waals surface area contributed by atoms with E-state index in [-0.39, 0.29) is 0 Å². The van der Waals surface area contributed by atoms with Gasteiger partial charge in [0.2, 0.25) is 5.95 Å². The first-order valence-corrected chi connectivity index (χ1v) is 8.22. The van der Waals surface area contributed by atoms with Crippen LogP contribution in [0, 0.1) is 0 Å². The van der Waals surface area contributed by atoms with Gasteiger partial charge in [-0.05, 0) is 6.42 Å². The van der Waals surface area contributed by atoms with Crippen LogP contribution in [0.2, 0.25) is 0 Å². The highest BCUT2D eigenvalue weighted by molar-refractivity contribution is 5.80. The fraction of sp³-hybridized carbons (Fsp3) is 0.250. The van der Waals surface area contributed by atoms with Gasteiger partial charge in [-0.2, -0.15) is 0 Å². The zero-order valence-corrected chi connectivity index (χ0v) is 13.8. The van der Waals surface area contributed by atoms with Crippen molar-refractivity contribution in [2.75, 3.05) is 11.9 Å². The third-order valence-corrected chi connectivity index (χ3v) is 4.00. The fourth-order valence-electron chi connectivity index (χ4n) is 2.76. The molecule has 0 saturated carbocycles. The molecule has 1 heterocycles. The Hall–Kier alpha value is -2.55. The first kappa shape index (κ1) is 15.3. The number of rotatable bonds is 6. The highest BCUT2D eigenvalue weighted by atomic mass is 15.2. The van der Waals surface area contributed by atoms with Gasteiger partial charge < -0.3 is 9.88 Å². The number of aromatic nitrogens is 2. The van der Waals surface area contributed by atoms with Gasteiger partial charge in [-0.15, -0.1) is 0 Å². The summed E-state index contributed by atoms with van der Waals surface area (Å²) in [6.45, 7) is 3.15. The Morgan fingerprint density at radius 1 is 0.913 bits per heavy atom. The van der Waals surface area contributed by atoms with Crippen molar-refractivity contribution in [1.29, 1.82) is 0 Å². The molecular weight excluding hydrogens is 282 g/mol. The molecule has 23 heavy (non-hydrogen) atoms. The summed E-state index contributed by atoms with van der Waals surface area (Å²) >= 11 is 0. The average molecular weight is 305 g/mol. The van der Waals surface area contributed by atoms with Gasteiger partial charge in [0.1, 0.15) is 0 Å². The summed E-state index contributed by atoms with van der Waals surface area (Å²) in [6.07, 6.45) is 2.32. The molecule has 0 aliphatic carbocycles. The first-order chi connectivity index (χ1) is 11.3. The minimum Gasteiger partial charge on any atom is -0.356 e. The van der Waals surface area contributed by atoms with E-state index in [0.29, 0.717) is 0 Å². The molecule has 0 saturated heterocycles. The molecule has 118 valence electrons. The second-order valence-electron chi connectivity index (χ2n) is 5.70. The van der Waals surface area contributed by atoms with E-state index in [1.54, 1.807) is 0 Å². The number of anilines is 1. The first-order valence-electron chi connectivity index (χ1n) is 8.22. The molecule has 3 heteroatoms. The molecule has 0 bridgehead atoms. The maximum Gasteiger partial charge on any atom is 0.203 e. The smallest absolute Gasteiger partial charge is 0.203 e. The molecule has 3 nitrogen and oxygen atoms in total. The van der Waals surface area contributed by atoms with Crippen molar-refractivity contribution in [1.82, 2.24) is 9.55 Å². The number of hydrogen-bond donors (Lipinski definition) is 1. The molecule has 2 aromatic carbocycles. The second-order valence-corrected chi connectivity index (χ2v) is 5.70. The van der Waals surface area contributed by atoms with Crippen LogP contribution >= 0.6 is 0 Å². The number of nitrogens with zero attached hydrogens (tertiary/aromatic N) is 2. The second kappa shape index (κ2) is 7.14. The van der Waals surface area contributed by atoms with Crippen LogP contribution in [0.4, 0.5) is 5.95 Å². The van der Waals surface area contributed by atoms with Crippen LogP contribution in [0.15, 0.2) is 60.7 Å². The standard InChI is InChI=1S/C20H23N3/c1-3-4-15-21-20-22-18(16-11-7-5-8-12-16)19(23(20)2)17-13-9-6-10-14-17/h5-14H,3-4,15H2,1-2H3,(H,21,22). The molecule has 0 aliphatic heterocycles. The van der Waals surface area contributed by atoms with Crippen LogP contribution in [-0.4, -0.2) is 16.1 Å². The highest BCUT2D eigenvalue weighted by Gasteiger charge is 2.17. The SMILES string of the molecule is CCCCNc1nc(-c2ccccc2)c(-c2ccccc2)n1C. The van der Waals surface area contributed by atoms with E-state index in [4.69, 9.17) is 4.98 Å². The van der Waals surface area contributed by atoms with Crippen molar-refractivity contribution in [3.63, 3.8) is 0 Å². The molecule has 0 amide bonds. The Balaban J connectivity index is 2.08. The lowest BCUT2D eigenvalue weighted by Gasteiger charge is -2.08. The number of hydrogen-bond acceptors (Lipinski definition) is 2. The van der Waals surface area contributed by atoms with Gasteiger partial charge in [0.05, 0.1) is 11.4 Å². The van der Waals surface area contributed by atoms with E-state index in [1.165, 1.54) is 12.0 Å². The van der Waals surface area contributed by atoms with Crippen molar-refractivity contribution in [3.8, 4) is 22.5 Å². The van der Waals surface area contributed by atoms with Crippen LogP contribution in [-0.2, 0) is 7.05 Å². The molecule has 0 atom stereocenters. The molecule has 0 fully saturated rings. The largest absolute Gasteiger partial charge is 0.356 e. The van der Waals surface area contributed by atoms with E-state index in [0.717, 1.165) is 35.9 Å². The van der Waals surface area contributed by atoms with Crippen molar-refractivity contribution in [2.45, 2.75) is 19.8 Å². The summed E-state index contributed by atoms with van der Waals surface area (Å²) in [5.41, 5.74) is 4.50. The Kier molecular flexibility index (Phi) is 4.77. The molecule has 3 aromatic rings. The quantitative estimate of drug-likeness (QED) is 0.652. The molecule has 0 aliphatic rings. The van der Waals surface area contributed by atoms with Crippen molar-refractivity contribution < 1.29 is 0 Å².